The molecule has 15 heavy (non-hydrogen) atoms. The average Bonchev–Trinajstić information content (AvgIpc) is 2.18. The number of hydrogen-bond donors (Lipinski definition) is 1. The van der Waals surface area contributed by atoms with Crippen LogP contribution in [0.15, 0.2) is 15.8 Å². The van der Waals surface area contributed by atoms with Gasteiger partial charge in [0, 0.05) is 12.2 Å². The van der Waals surface area contributed by atoms with Gasteiger partial charge in [-0.15, -0.1) is 0 Å². The Morgan fingerprint density at radius 2 is 2.27 bits per heavy atom. The van der Waals surface area contributed by atoms with Crippen molar-refractivity contribution in [1.82, 2.24) is 9.55 Å². The molecule has 1 aromatic rings. The van der Waals surface area contributed by atoms with E-state index in [0.29, 0.717) is 0 Å². The Balaban J connectivity index is 3.26. The number of hydrogen-bond acceptors (Lipinski definition) is 3. The normalized spacial score (nSPS) is 12.1. The maximum Gasteiger partial charge on any atom is 0.328 e. The molecule has 1 atom stereocenters. The molecule has 0 aromatic carbocycles. The highest BCUT2D eigenvalue weighted by Crippen LogP contribution is 2.09. The molecule has 1 aromatic heterocycles. The molecule has 5 nitrogen and oxygen atoms in total. The summed E-state index contributed by atoms with van der Waals surface area (Å²) in [6.45, 7) is 3.89. The van der Waals surface area contributed by atoms with Crippen molar-refractivity contribution in [1.29, 1.82) is 5.26 Å². The van der Waals surface area contributed by atoms with Crippen LogP contribution in [0.2, 0.25) is 0 Å². The molecule has 0 aliphatic rings. The van der Waals surface area contributed by atoms with Gasteiger partial charge in [-0.2, -0.15) is 5.26 Å². The van der Waals surface area contributed by atoms with Gasteiger partial charge in [0.1, 0.15) is 11.6 Å². The van der Waals surface area contributed by atoms with Crippen molar-refractivity contribution in [2.75, 3.05) is 0 Å². The van der Waals surface area contributed by atoms with Crippen LogP contribution in [0.25, 0.3) is 0 Å². The van der Waals surface area contributed by atoms with Gasteiger partial charge >= 0.3 is 5.69 Å². The highest BCUT2D eigenvalue weighted by Gasteiger charge is 2.08. The van der Waals surface area contributed by atoms with Crippen LogP contribution in [-0.2, 0) is 0 Å². The molecule has 0 saturated carbocycles. The van der Waals surface area contributed by atoms with Gasteiger partial charge in [0.25, 0.3) is 5.56 Å². The fraction of sp³-hybridized carbons (Fsp3) is 0.500. The number of aromatic nitrogens is 2. The lowest BCUT2D eigenvalue weighted by Crippen LogP contribution is -2.32. The number of H-pyrrole nitrogens is 1. The molecule has 0 aliphatic carbocycles. The average molecular weight is 207 g/mol. The smallest absolute Gasteiger partial charge is 0.296 e. The van der Waals surface area contributed by atoms with Crippen molar-refractivity contribution in [3.05, 3.63) is 32.6 Å². The molecule has 0 aliphatic heterocycles. The second-order valence-corrected chi connectivity index (χ2v) is 3.46. The van der Waals surface area contributed by atoms with Gasteiger partial charge in [-0.3, -0.25) is 14.3 Å². The van der Waals surface area contributed by atoms with Gasteiger partial charge in [0.15, 0.2) is 0 Å². The van der Waals surface area contributed by atoms with Crippen LogP contribution < -0.4 is 11.2 Å². The van der Waals surface area contributed by atoms with E-state index in [9.17, 15) is 9.59 Å². The molecule has 0 saturated heterocycles. The Morgan fingerprint density at radius 3 is 2.80 bits per heavy atom. The molecule has 0 amide bonds. The molecule has 0 spiro atoms. The molecule has 0 bridgehead atoms. The lowest BCUT2D eigenvalue weighted by molar-refractivity contribution is 0.476. The first-order chi connectivity index (χ1) is 7.10. The van der Waals surface area contributed by atoms with Crippen LogP contribution in [0, 0.1) is 11.3 Å². The van der Waals surface area contributed by atoms with Crippen molar-refractivity contribution in [3.8, 4) is 6.07 Å². The molecule has 0 fully saturated rings. The SMILES string of the molecule is CCCC(C)n1cc(C#N)c(=O)[nH]c1=O. The second-order valence-electron chi connectivity index (χ2n) is 3.46. The summed E-state index contributed by atoms with van der Waals surface area (Å²) in [5.74, 6) is 0. The van der Waals surface area contributed by atoms with Crippen molar-refractivity contribution < 1.29 is 0 Å². The Bertz CT molecular complexity index is 493. The van der Waals surface area contributed by atoms with Gasteiger partial charge in [-0.25, -0.2) is 4.79 Å². The topological polar surface area (TPSA) is 78.7 Å². The molecule has 1 unspecified atom stereocenters. The number of nitriles is 1. The minimum Gasteiger partial charge on any atom is -0.296 e. The summed E-state index contributed by atoms with van der Waals surface area (Å²) in [5.41, 5.74) is -1.11. The summed E-state index contributed by atoms with van der Waals surface area (Å²) in [6, 6.07) is 1.75. The Kier molecular flexibility index (Phi) is 3.45. The van der Waals surface area contributed by atoms with E-state index >= 15 is 0 Å². The van der Waals surface area contributed by atoms with E-state index in [4.69, 9.17) is 5.26 Å². The first-order valence-corrected chi connectivity index (χ1v) is 4.85. The fourth-order valence-corrected chi connectivity index (χ4v) is 1.45. The van der Waals surface area contributed by atoms with Crippen molar-refractivity contribution in [2.24, 2.45) is 0 Å². The van der Waals surface area contributed by atoms with Gasteiger partial charge in [-0.1, -0.05) is 13.3 Å². The molecule has 1 heterocycles. The van der Waals surface area contributed by atoms with E-state index in [1.165, 1.54) is 10.8 Å². The molecular formula is C10H13N3O2. The number of nitrogens with zero attached hydrogens (tertiary/aromatic N) is 2. The standard InChI is InChI=1S/C10H13N3O2/c1-3-4-7(2)13-6-8(5-11)9(14)12-10(13)15/h6-7H,3-4H2,1-2H3,(H,12,14,15). The van der Waals surface area contributed by atoms with E-state index < -0.39 is 11.2 Å². The molecule has 0 radical (unpaired) electrons. The van der Waals surface area contributed by atoms with Crippen LogP contribution in [0.3, 0.4) is 0 Å². The molecule has 80 valence electrons. The minimum atomic E-state index is -0.623. The van der Waals surface area contributed by atoms with Gasteiger partial charge in [-0.05, 0) is 13.3 Å². The van der Waals surface area contributed by atoms with Crippen LogP contribution in [0.4, 0.5) is 0 Å². The van der Waals surface area contributed by atoms with Gasteiger partial charge in [0.2, 0.25) is 0 Å². The lowest BCUT2D eigenvalue weighted by atomic mass is 10.2. The van der Waals surface area contributed by atoms with E-state index in [1.807, 2.05) is 13.8 Å². The van der Waals surface area contributed by atoms with Crippen LogP contribution in [0.5, 0.6) is 0 Å². The van der Waals surface area contributed by atoms with Crippen LogP contribution in [0.1, 0.15) is 38.3 Å². The highest BCUT2D eigenvalue weighted by molar-refractivity contribution is 5.21. The van der Waals surface area contributed by atoms with Crippen LogP contribution >= 0.6 is 0 Å². The van der Waals surface area contributed by atoms with Gasteiger partial charge < -0.3 is 0 Å². The fourth-order valence-electron chi connectivity index (χ4n) is 1.45. The largest absolute Gasteiger partial charge is 0.328 e. The predicted molar refractivity (Wildman–Crippen MR) is 55.7 cm³/mol. The monoisotopic (exact) mass is 207 g/mol. The molecule has 1 rings (SSSR count). The number of nitrogens with one attached hydrogen (secondary N) is 1. The number of aromatic amines is 1. The second kappa shape index (κ2) is 4.60. The molecular weight excluding hydrogens is 194 g/mol. The summed E-state index contributed by atoms with van der Waals surface area (Å²) in [5, 5.41) is 8.66. The van der Waals surface area contributed by atoms with E-state index in [2.05, 4.69) is 4.98 Å². The third-order valence-corrected chi connectivity index (χ3v) is 2.27. The van der Waals surface area contributed by atoms with E-state index in [1.54, 1.807) is 6.07 Å². The summed E-state index contributed by atoms with van der Waals surface area (Å²) in [6.07, 6.45) is 3.09. The summed E-state index contributed by atoms with van der Waals surface area (Å²) in [4.78, 5) is 24.7. The van der Waals surface area contributed by atoms with Crippen molar-refractivity contribution in [2.45, 2.75) is 32.7 Å². The highest BCUT2D eigenvalue weighted by atomic mass is 16.2. The predicted octanol–water partition coefficient (Wildman–Crippen LogP) is 0.769. The maximum atomic E-state index is 11.4. The van der Waals surface area contributed by atoms with Crippen molar-refractivity contribution in [3.63, 3.8) is 0 Å². The van der Waals surface area contributed by atoms with Gasteiger partial charge in [0.05, 0.1) is 0 Å². The third-order valence-electron chi connectivity index (χ3n) is 2.27. The zero-order chi connectivity index (χ0) is 11.4. The lowest BCUT2D eigenvalue weighted by Gasteiger charge is -2.12. The van der Waals surface area contributed by atoms with E-state index in [0.717, 1.165) is 12.8 Å². The summed E-state index contributed by atoms with van der Waals surface area (Å²) < 4.78 is 1.39. The zero-order valence-electron chi connectivity index (χ0n) is 8.78. The van der Waals surface area contributed by atoms with Crippen LogP contribution in [-0.4, -0.2) is 9.55 Å². The third kappa shape index (κ3) is 2.34. The summed E-state index contributed by atoms with van der Waals surface area (Å²) >= 11 is 0. The Morgan fingerprint density at radius 1 is 1.60 bits per heavy atom. The maximum absolute atomic E-state index is 11.4. The zero-order valence-corrected chi connectivity index (χ0v) is 8.78. The summed E-state index contributed by atoms with van der Waals surface area (Å²) in [7, 11) is 0. The molecule has 1 N–H and O–H groups in total. The first kappa shape index (κ1) is 11.2. The van der Waals surface area contributed by atoms with Crippen molar-refractivity contribution >= 4 is 0 Å². The molecule has 5 heteroatoms. The first-order valence-electron chi connectivity index (χ1n) is 4.85. The Hall–Kier alpha value is -1.83. The van der Waals surface area contributed by atoms with E-state index in [-0.39, 0.29) is 11.6 Å². The quantitative estimate of drug-likeness (QED) is 0.795. The Labute approximate surface area is 87.0 Å². The number of rotatable bonds is 3. The minimum absolute atomic E-state index is 0.00792.